The van der Waals surface area contributed by atoms with Crippen LogP contribution in [0, 0.1) is 0 Å². The molecule has 178 valence electrons. The number of aromatic nitrogens is 2. The van der Waals surface area contributed by atoms with Crippen LogP contribution in [0.15, 0.2) is 59.9 Å². The number of aliphatic imine (C=N–C) groups is 1. The molecule has 0 unspecified atom stereocenters. The number of halogens is 1. The molecule has 0 amide bonds. The number of rotatable bonds is 10. The van der Waals surface area contributed by atoms with Crippen molar-refractivity contribution in [3.8, 4) is 22.9 Å². The van der Waals surface area contributed by atoms with Crippen molar-refractivity contribution in [1.82, 2.24) is 20.4 Å². The largest absolute Gasteiger partial charge is 0.493 e. The molecule has 33 heavy (non-hydrogen) atoms. The van der Waals surface area contributed by atoms with E-state index in [1.54, 1.807) is 21.3 Å². The number of hydrogen-bond acceptors (Lipinski definition) is 5. The number of ether oxygens (including phenoxy) is 3. The van der Waals surface area contributed by atoms with E-state index in [1.165, 1.54) is 0 Å². The zero-order chi connectivity index (χ0) is 22.8. The fourth-order valence-electron chi connectivity index (χ4n) is 3.28. The average molecular weight is 565 g/mol. The van der Waals surface area contributed by atoms with Gasteiger partial charge in [0.25, 0.3) is 0 Å². The van der Waals surface area contributed by atoms with Crippen molar-refractivity contribution in [2.45, 2.75) is 19.9 Å². The van der Waals surface area contributed by atoms with Crippen LogP contribution in [-0.4, -0.2) is 50.2 Å². The van der Waals surface area contributed by atoms with Crippen LogP contribution < -0.4 is 24.8 Å². The minimum atomic E-state index is 0. The molecule has 0 saturated heterocycles. The van der Waals surface area contributed by atoms with Crippen molar-refractivity contribution in [2.75, 3.05) is 34.4 Å². The van der Waals surface area contributed by atoms with Crippen molar-refractivity contribution in [2.24, 2.45) is 4.99 Å². The fraction of sp³-hybridized carbons (Fsp3) is 0.333. The summed E-state index contributed by atoms with van der Waals surface area (Å²) < 4.78 is 18.1. The summed E-state index contributed by atoms with van der Waals surface area (Å²) in [6, 6.07) is 13.9. The molecule has 0 radical (unpaired) electrons. The highest BCUT2D eigenvalue weighted by Crippen LogP contribution is 2.38. The lowest BCUT2D eigenvalue weighted by Crippen LogP contribution is -2.38. The molecule has 0 aliphatic rings. The number of hydrogen-bond donors (Lipinski definition) is 2. The third kappa shape index (κ3) is 7.28. The van der Waals surface area contributed by atoms with Gasteiger partial charge in [0.2, 0.25) is 5.75 Å². The summed E-state index contributed by atoms with van der Waals surface area (Å²) in [6.45, 7) is 4.02. The summed E-state index contributed by atoms with van der Waals surface area (Å²) in [5.74, 6) is 2.55. The molecular formula is C24H32IN5O3. The second-order valence-electron chi connectivity index (χ2n) is 7.03. The second kappa shape index (κ2) is 13.6. The van der Waals surface area contributed by atoms with Crippen LogP contribution in [0.1, 0.15) is 18.1 Å². The summed E-state index contributed by atoms with van der Waals surface area (Å²) in [6.07, 6.45) is 4.78. The van der Waals surface area contributed by atoms with Crippen LogP contribution in [0.2, 0.25) is 0 Å². The van der Waals surface area contributed by atoms with Gasteiger partial charge in [-0.3, -0.25) is 0 Å². The molecule has 2 N–H and O–H groups in total. The first kappa shape index (κ1) is 26.3. The fourth-order valence-corrected chi connectivity index (χ4v) is 3.28. The Morgan fingerprint density at radius 1 is 0.970 bits per heavy atom. The standard InChI is InChI=1S/C24H31N5O3.HI/c1-5-25-24(27-15-19-13-21(30-2)23(32-4)22(14-19)31-3)26-12-11-18-16-28-29(17-18)20-9-7-6-8-10-20;/h6-10,13-14,16-17H,5,11-12,15H2,1-4H3,(H2,25,26,27);1H. The van der Waals surface area contributed by atoms with E-state index in [1.807, 2.05) is 60.3 Å². The van der Waals surface area contributed by atoms with E-state index in [9.17, 15) is 0 Å². The van der Waals surface area contributed by atoms with E-state index in [0.717, 1.165) is 42.3 Å². The lowest BCUT2D eigenvalue weighted by atomic mass is 10.2. The van der Waals surface area contributed by atoms with Crippen LogP contribution in [0.3, 0.4) is 0 Å². The van der Waals surface area contributed by atoms with Crippen LogP contribution in [-0.2, 0) is 13.0 Å². The van der Waals surface area contributed by atoms with Gasteiger partial charge in [-0.05, 0) is 48.7 Å². The molecule has 0 aliphatic carbocycles. The smallest absolute Gasteiger partial charge is 0.203 e. The average Bonchev–Trinajstić information content (AvgIpc) is 3.31. The van der Waals surface area contributed by atoms with Gasteiger partial charge in [-0.2, -0.15) is 5.10 Å². The quantitative estimate of drug-likeness (QED) is 0.221. The van der Waals surface area contributed by atoms with Crippen LogP contribution in [0.4, 0.5) is 0 Å². The van der Waals surface area contributed by atoms with Crippen LogP contribution >= 0.6 is 24.0 Å². The number of nitrogens with one attached hydrogen (secondary N) is 2. The summed E-state index contributed by atoms with van der Waals surface area (Å²) in [7, 11) is 4.81. The highest BCUT2D eigenvalue weighted by molar-refractivity contribution is 14.0. The van der Waals surface area contributed by atoms with Crippen LogP contribution in [0.5, 0.6) is 17.2 Å². The normalized spacial score (nSPS) is 10.8. The van der Waals surface area contributed by atoms with Crippen molar-refractivity contribution in [3.05, 3.63) is 66.0 Å². The summed E-state index contributed by atoms with van der Waals surface area (Å²) in [4.78, 5) is 4.70. The Labute approximate surface area is 212 Å². The van der Waals surface area contributed by atoms with Crippen molar-refractivity contribution in [1.29, 1.82) is 0 Å². The first-order chi connectivity index (χ1) is 15.7. The maximum atomic E-state index is 5.43. The SMILES string of the molecule is CCNC(=NCc1cc(OC)c(OC)c(OC)c1)NCCc1cnn(-c2ccccc2)c1.I. The predicted molar refractivity (Wildman–Crippen MR) is 142 cm³/mol. The lowest BCUT2D eigenvalue weighted by Gasteiger charge is -2.14. The van der Waals surface area contributed by atoms with E-state index < -0.39 is 0 Å². The first-order valence-corrected chi connectivity index (χ1v) is 10.6. The highest BCUT2D eigenvalue weighted by Gasteiger charge is 2.13. The van der Waals surface area contributed by atoms with E-state index >= 15 is 0 Å². The van der Waals surface area contributed by atoms with Crippen molar-refractivity contribution >= 4 is 29.9 Å². The Hall–Kier alpha value is -2.95. The number of methoxy groups -OCH3 is 3. The van der Waals surface area contributed by atoms with Gasteiger partial charge in [-0.25, -0.2) is 9.67 Å². The second-order valence-corrected chi connectivity index (χ2v) is 7.03. The first-order valence-electron chi connectivity index (χ1n) is 10.6. The number of guanidine groups is 1. The summed E-state index contributed by atoms with van der Waals surface area (Å²) in [5.41, 5.74) is 3.16. The monoisotopic (exact) mass is 565 g/mol. The predicted octanol–water partition coefficient (Wildman–Crippen LogP) is 3.81. The molecule has 1 aromatic heterocycles. The Kier molecular flexibility index (Phi) is 10.8. The van der Waals surface area contributed by atoms with E-state index in [-0.39, 0.29) is 24.0 Å². The van der Waals surface area contributed by atoms with Gasteiger partial charge in [0.1, 0.15) is 0 Å². The molecule has 0 spiro atoms. The molecule has 0 aliphatic heterocycles. The molecule has 3 aromatic rings. The van der Waals surface area contributed by atoms with Gasteiger partial charge in [-0.15, -0.1) is 24.0 Å². The molecule has 0 fully saturated rings. The topological polar surface area (TPSA) is 81.9 Å². The summed E-state index contributed by atoms with van der Waals surface area (Å²) >= 11 is 0. The van der Waals surface area contributed by atoms with E-state index in [4.69, 9.17) is 19.2 Å². The number of nitrogens with zero attached hydrogens (tertiary/aromatic N) is 3. The summed E-state index contributed by atoms with van der Waals surface area (Å²) in [5, 5.41) is 11.1. The van der Waals surface area contributed by atoms with Gasteiger partial charge >= 0.3 is 0 Å². The molecule has 2 aromatic carbocycles. The lowest BCUT2D eigenvalue weighted by molar-refractivity contribution is 0.324. The maximum Gasteiger partial charge on any atom is 0.203 e. The molecule has 0 saturated carbocycles. The molecule has 0 bridgehead atoms. The van der Waals surface area contributed by atoms with Gasteiger partial charge in [0.15, 0.2) is 17.5 Å². The third-order valence-electron chi connectivity index (χ3n) is 4.85. The Balaban J connectivity index is 0.00000385. The van der Waals surface area contributed by atoms with Gasteiger partial charge in [-0.1, -0.05) is 18.2 Å². The molecule has 9 heteroatoms. The number of benzene rings is 2. The maximum absolute atomic E-state index is 5.43. The Morgan fingerprint density at radius 2 is 1.67 bits per heavy atom. The third-order valence-corrected chi connectivity index (χ3v) is 4.85. The Morgan fingerprint density at radius 3 is 2.27 bits per heavy atom. The molecular weight excluding hydrogens is 533 g/mol. The van der Waals surface area contributed by atoms with Gasteiger partial charge < -0.3 is 24.8 Å². The van der Waals surface area contributed by atoms with Crippen molar-refractivity contribution in [3.63, 3.8) is 0 Å². The molecule has 0 atom stereocenters. The van der Waals surface area contributed by atoms with E-state index in [2.05, 4.69) is 21.9 Å². The molecule has 8 nitrogen and oxygen atoms in total. The van der Waals surface area contributed by atoms with E-state index in [0.29, 0.717) is 23.8 Å². The minimum Gasteiger partial charge on any atom is -0.493 e. The highest BCUT2D eigenvalue weighted by atomic mass is 127. The Bertz CT molecular complexity index is 999. The van der Waals surface area contributed by atoms with Gasteiger partial charge in [0, 0.05) is 19.3 Å². The van der Waals surface area contributed by atoms with Crippen molar-refractivity contribution < 1.29 is 14.2 Å². The zero-order valence-electron chi connectivity index (χ0n) is 19.5. The number of para-hydroxylation sites is 1. The zero-order valence-corrected chi connectivity index (χ0v) is 21.8. The minimum absolute atomic E-state index is 0. The van der Waals surface area contributed by atoms with Crippen LogP contribution in [0.25, 0.3) is 5.69 Å². The van der Waals surface area contributed by atoms with Gasteiger partial charge in [0.05, 0.1) is 39.8 Å². The molecule has 1 heterocycles. The molecule has 3 rings (SSSR count).